The Bertz CT molecular complexity index is 1090. The number of unbranched alkanes of at least 4 members (excludes halogenated alkanes) is 3. The quantitative estimate of drug-likeness (QED) is 0.218. The summed E-state index contributed by atoms with van der Waals surface area (Å²) in [5.41, 5.74) is -0.542. The van der Waals surface area contributed by atoms with Gasteiger partial charge in [-0.15, -0.1) is 6.58 Å². The molecule has 0 saturated carbocycles. The van der Waals surface area contributed by atoms with Crippen LogP contribution in [-0.2, 0) is 23.9 Å². The van der Waals surface area contributed by atoms with E-state index in [1.54, 1.807) is 28.9 Å². The van der Waals surface area contributed by atoms with Gasteiger partial charge in [0.1, 0.15) is 17.6 Å². The normalized spacial score (nSPS) is 29.0. The number of carbonyl (C=O) groups excluding carboxylic acids is 3. The first-order valence-electron chi connectivity index (χ1n) is 14.2. The third-order valence-corrected chi connectivity index (χ3v) is 9.10. The van der Waals surface area contributed by atoms with Crippen LogP contribution in [0, 0.1) is 18.8 Å². The molecule has 3 aliphatic rings. The van der Waals surface area contributed by atoms with E-state index in [-0.39, 0.29) is 31.6 Å². The van der Waals surface area contributed by atoms with Crippen LogP contribution in [0.5, 0.6) is 0 Å². The number of carbonyl (C=O) groups is 3. The zero-order valence-corrected chi connectivity index (χ0v) is 24.0. The molecule has 9 heteroatoms. The number of hydrogen-bond acceptors (Lipinski definition) is 6. The molecular formula is C30H41ClN2O6. The number of aliphatic hydroxyl groups excluding tert-OH is 1. The summed E-state index contributed by atoms with van der Waals surface area (Å²) in [6, 6.07) is 4.57. The standard InChI is InChI=1S/C30H41ClN2O6/c1-5-17-32(24-20(4)13-12-14-21(24)31)27(36)25-30-16-15-29(6-2,39-30)23(28(37)38-7-3)22(30)26(35)33(25)18-10-8-9-11-19-34/h5,12-14,22-23,25,34H,1,6-11,15-19H2,2-4H3/t22-,23+,25?,29-,30?/m0/s1. The van der Waals surface area contributed by atoms with E-state index in [4.69, 9.17) is 26.2 Å². The second-order valence-electron chi connectivity index (χ2n) is 10.9. The number of esters is 1. The highest BCUT2D eigenvalue weighted by Gasteiger charge is 2.79. The molecule has 1 aromatic carbocycles. The number of halogens is 1. The molecule has 2 unspecified atom stereocenters. The van der Waals surface area contributed by atoms with Gasteiger partial charge in [0.15, 0.2) is 0 Å². The van der Waals surface area contributed by atoms with Crippen molar-refractivity contribution in [3.05, 3.63) is 41.4 Å². The van der Waals surface area contributed by atoms with Gasteiger partial charge in [-0.25, -0.2) is 0 Å². The number of anilines is 1. The smallest absolute Gasteiger partial charge is 0.312 e. The minimum Gasteiger partial charge on any atom is -0.466 e. The predicted molar refractivity (Wildman–Crippen MR) is 149 cm³/mol. The number of aliphatic hydroxyl groups is 1. The lowest BCUT2D eigenvalue weighted by Gasteiger charge is -2.37. The van der Waals surface area contributed by atoms with Gasteiger partial charge in [-0.2, -0.15) is 0 Å². The first kappa shape index (κ1) is 29.6. The fourth-order valence-corrected chi connectivity index (χ4v) is 7.43. The molecule has 2 bridgehead atoms. The summed E-state index contributed by atoms with van der Waals surface area (Å²) >= 11 is 6.62. The number of likely N-dealkylation sites (tertiary alicyclic amines) is 1. The first-order chi connectivity index (χ1) is 18.7. The van der Waals surface area contributed by atoms with E-state index in [0.717, 1.165) is 18.4 Å². The SMILES string of the molecule is C=CCN(C(=O)C1N(CCCCCCO)C(=O)[C@@H]2[C@H](C(=O)OCC)[C@]3(CC)CCC12O3)c1c(C)cccc1Cl. The van der Waals surface area contributed by atoms with Crippen molar-refractivity contribution in [1.29, 1.82) is 0 Å². The zero-order chi connectivity index (χ0) is 28.4. The Labute approximate surface area is 236 Å². The molecule has 1 aromatic rings. The molecule has 8 nitrogen and oxygen atoms in total. The second kappa shape index (κ2) is 12.0. The maximum absolute atomic E-state index is 14.6. The lowest BCUT2D eigenvalue weighted by Crippen LogP contribution is -2.56. The number of benzene rings is 1. The van der Waals surface area contributed by atoms with E-state index >= 15 is 0 Å². The molecule has 3 fully saturated rings. The van der Waals surface area contributed by atoms with Crippen molar-refractivity contribution in [3.63, 3.8) is 0 Å². The predicted octanol–water partition coefficient (Wildman–Crippen LogP) is 4.44. The molecule has 3 heterocycles. The molecule has 5 atom stereocenters. The number of ether oxygens (including phenoxy) is 2. The minimum absolute atomic E-state index is 0.122. The number of nitrogens with zero attached hydrogens (tertiary/aromatic N) is 2. The van der Waals surface area contributed by atoms with E-state index < -0.39 is 35.0 Å². The van der Waals surface area contributed by atoms with Crippen LogP contribution in [0.3, 0.4) is 0 Å². The summed E-state index contributed by atoms with van der Waals surface area (Å²) in [6.07, 6.45) is 6.28. The van der Waals surface area contributed by atoms with E-state index in [1.807, 2.05) is 26.0 Å². The van der Waals surface area contributed by atoms with Crippen molar-refractivity contribution >= 4 is 35.1 Å². The van der Waals surface area contributed by atoms with Crippen LogP contribution >= 0.6 is 11.6 Å². The Hall–Kier alpha value is -2.42. The summed E-state index contributed by atoms with van der Waals surface area (Å²) < 4.78 is 12.3. The van der Waals surface area contributed by atoms with E-state index in [1.165, 1.54) is 0 Å². The average molecular weight is 561 g/mol. The maximum atomic E-state index is 14.6. The summed E-state index contributed by atoms with van der Waals surface area (Å²) in [5.74, 6) is -2.48. The Morgan fingerprint density at radius 1 is 1.26 bits per heavy atom. The van der Waals surface area contributed by atoms with E-state index in [9.17, 15) is 14.4 Å². The number of hydrogen-bond donors (Lipinski definition) is 1. The number of rotatable bonds is 13. The number of amides is 2. The molecule has 39 heavy (non-hydrogen) atoms. The third-order valence-electron chi connectivity index (χ3n) is 8.80. The second-order valence-corrected chi connectivity index (χ2v) is 11.3. The molecule has 3 saturated heterocycles. The van der Waals surface area contributed by atoms with Crippen molar-refractivity contribution < 1.29 is 29.0 Å². The van der Waals surface area contributed by atoms with Crippen molar-refractivity contribution in [3.8, 4) is 0 Å². The summed E-state index contributed by atoms with van der Waals surface area (Å²) in [7, 11) is 0. The fourth-order valence-electron chi connectivity index (χ4n) is 7.11. The van der Waals surface area contributed by atoms with Gasteiger partial charge in [-0.1, -0.05) is 49.6 Å². The average Bonchev–Trinajstić information content (AvgIpc) is 3.51. The van der Waals surface area contributed by atoms with Crippen LogP contribution in [-0.4, -0.2) is 71.3 Å². The van der Waals surface area contributed by atoms with Crippen molar-refractivity contribution in [1.82, 2.24) is 4.90 Å². The molecule has 4 rings (SSSR count). The highest BCUT2D eigenvalue weighted by atomic mass is 35.5. The third kappa shape index (κ3) is 4.89. The topological polar surface area (TPSA) is 96.4 Å². The molecule has 0 aliphatic carbocycles. The van der Waals surface area contributed by atoms with Crippen molar-refractivity contribution in [2.45, 2.75) is 83.0 Å². The molecule has 0 aromatic heterocycles. The lowest BCUT2D eigenvalue weighted by atomic mass is 9.65. The number of aryl methyl sites for hydroxylation is 1. The van der Waals surface area contributed by atoms with Gasteiger partial charge < -0.3 is 24.4 Å². The number of fused-ring (bicyclic) bond motifs is 1. The van der Waals surface area contributed by atoms with Gasteiger partial charge in [0.25, 0.3) is 5.91 Å². The zero-order valence-electron chi connectivity index (χ0n) is 23.3. The largest absolute Gasteiger partial charge is 0.466 e. The lowest BCUT2D eigenvalue weighted by molar-refractivity contribution is -0.160. The monoisotopic (exact) mass is 560 g/mol. The molecule has 3 aliphatic heterocycles. The minimum atomic E-state index is -1.12. The van der Waals surface area contributed by atoms with Gasteiger partial charge in [0, 0.05) is 19.7 Å². The Morgan fingerprint density at radius 2 is 2.00 bits per heavy atom. The molecule has 214 valence electrons. The molecule has 2 amide bonds. The van der Waals surface area contributed by atoms with Gasteiger partial charge in [-0.05, 0) is 57.6 Å². The van der Waals surface area contributed by atoms with Crippen LogP contribution < -0.4 is 4.90 Å². The van der Waals surface area contributed by atoms with Gasteiger partial charge >= 0.3 is 5.97 Å². The summed E-state index contributed by atoms with van der Waals surface area (Å²) in [5, 5.41) is 9.59. The highest BCUT2D eigenvalue weighted by molar-refractivity contribution is 6.34. The molecule has 1 spiro atoms. The summed E-state index contributed by atoms with van der Waals surface area (Å²) in [4.78, 5) is 45.4. The molecule has 0 radical (unpaired) electrons. The van der Waals surface area contributed by atoms with Crippen LogP contribution in [0.25, 0.3) is 0 Å². The fraction of sp³-hybridized carbons (Fsp3) is 0.633. The highest BCUT2D eigenvalue weighted by Crippen LogP contribution is 2.64. The first-order valence-corrected chi connectivity index (χ1v) is 14.6. The van der Waals surface area contributed by atoms with Crippen LogP contribution in [0.2, 0.25) is 5.02 Å². The van der Waals surface area contributed by atoms with Crippen molar-refractivity contribution in [2.24, 2.45) is 11.8 Å². The van der Waals surface area contributed by atoms with Crippen molar-refractivity contribution in [2.75, 3.05) is 31.2 Å². The van der Waals surface area contributed by atoms with Gasteiger partial charge in [-0.3, -0.25) is 14.4 Å². The molecule has 1 N–H and O–H groups in total. The Balaban J connectivity index is 1.79. The number of para-hydroxylation sites is 1. The van der Waals surface area contributed by atoms with Crippen LogP contribution in [0.4, 0.5) is 5.69 Å². The van der Waals surface area contributed by atoms with Gasteiger partial charge in [0.2, 0.25) is 5.91 Å². The Morgan fingerprint density at radius 3 is 2.64 bits per heavy atom. The Kier molecular flexibility index (Phi) is 9.08. The van der Waals surface area contributed by atoms with E-state index in [2.05, 4.69) is 6.58 Å². The summed E-state index contributed by atoms with van der Waals surface area (Å²) in [6.45, 7) is 10.4. The maximum Gasteiger partial charge on any atom is 0.312 e. The van der Waals surface area contributed by atoms with Crippen LogP contribution in [0.15, 0.2) is 30.9 Å². The van der Waals surface area contributed by atoms with E-state index in [0.29, 0.717) is 49.4 Å². The molecular weight excluding hydrogens is 520 g/mol. The van der Waals surface area contributed by atoms with Crippen LogP contribution in [0.1, 0.15) is 64.4 Å². The van der Waals surface area contributed by atoms with Gasteiger partial charge in [0.05, 0.1) is 28.8 Å².